The third-order valence-corrected chi connectivity index (χ3v) is 3.14. The van der Waals surface area contributed by atoms with Crippen LogP contribution in [0.5, 0.6) is 5.75 Å². The van der Waals surface area contributed by atoms with E-state index >= 15 is 0 Å². The average Bonchev–Trinajstić information content (AvgIpc) is 2.29. The van der Waals surface area contributed by atoms with Crippen molar-refractivity contribution in [1.29, 1.82) is 0 Å². The van der Waals surface area contributed by atoms with Crippen LogP contribution in [-0.4, -0.2) is 12.9 Å². The molecule has 0 aromatic heterocycles. The van der Waals surface area contributed by atoms with E-state index < -0.39 is 0 Å². The van der Waals surface area contributed by atoms with Crippen LogP contribution in [0.15, 0.2) is 18.2 Å². The summed E-state index contributed by atoms with van der Waals surface area (Å²) in [5.41, 5.74) is 0.869. The van der Waals surface area contributed by atoms with Crippen molar-refractivity contribution in [3.05, 3.63) is 28.8 Å². The summed E-state index contributed by atoms with van der Waals surface area (Å²) in [6.07, 6.45) is 2.04. The third-order valence-electron chi connectivity index (χ3n) is 2.90. The minimum absolute atomic E-state index is 0.236. The fourth-order valence-corrected chi connectivity index (χ4v) is 1.90. The van der Waals surface area contributed by atoms with E-state index in [0.29, 0.717) is 23.8 Å². The summed E-state index contributed by atoms with van der Waals surface area (Å²) >= 11 is 5.92. The molecule has 0 saturated heterocycles. The van der Waals surface area contributed by atoms with Crippen LogP contribution in [0.2, 0.25) is 5.02 Å². The second kappa shape index (κ2) is 6.65. The molecule has 0 aliphatic carbocycles. The minimum Gasteiger partial charge on any atom is -0.496 e. The van der Waals surface area contributed by atoms with E-state index in [0.717, 1.165) is 17.7 Å². The lowest BCUT2D eigenvalue weighted by Gasteiger charge is -2.10. The van der Waals surface area contributed by atoms with Crippen molar-refractivity contribution in [3.8, 4) is 5.75 Å². The predicted octanol–water partition coefficient (Wildman–Crippen LogP) is 3.90. The summed E-state index contributed by atoms with van der Waals surface area (Å²) in [5, 5.41) is 0.636. The van der Waals surface area contributed by atoms with Gasteiger partial charge in [0.2, 0.25) is 0 Å². The van der Waals surface area contributed by atoms with Crippen LogP contribution in [0.25, 0.3) is 0 Å². The third kappa shape index (κ3) is 4.39. The van der Waals surface area contributed by atoms with Gasteiger partial charge in [0.15, 0.2) is 0 Å². The molecule has 17 heavy (non-hydrogen) atoms. The molecule has 0 N–H and O–H groups in total. The zero-order valence-corrected chi connectivity index (χ0v) is 11.4. The molecule has 0 spiro atoms. The standard InChI is InChI=1S/C14H19ClO2/c1-4-10(2)7-13(16)9-11-8-12(15)5-6-14(11)17-3/h5-6,8,10H,4,7,9H2,1-3H3. The molecule has 3 heteroatoms. The highest BCUT2D eigenvalue weighted by atomic mass is 35.5. The SMILES string of the molecule is CCC(C)CC(=O)Cc1cc(Cl)ccc1OC. The van der Waals surface area contributed by atoms with Crippen LogP contribution >= 0.6 is 11.6 Å². The minimum atomic E-state index is 0.236. The molecule has 1 aromatic carbocycles. The zero-order chi connectivity index (χ0) is 12.8. The van der Waals surface area contributed by atoms with Crippen molar-refractivity contribution in [1.82, 2.24) is 0 Å². The smallest absolute Gasteiger partial charge is 0.137 e. The van der Waals surface area contributed by atoms with Gasteiger partial charge in [-0.1, -0.05) is 31.9 Å². The zero-order valence-electron chi connectivity index (χ0n) is 10.6. The van der Waals surface area contributed by atoms with Crippen molar-refractivity contribution < 1.29 is 9.53 Å². The fraction of sp³-hybridized carbons (Fsp3) is 0.500. The van der Waals surface area contributed by atoms with Gasteiger partial charge in [0, 0.05) is 23.4 Å². The fourth-order valence-electron chi connectivity index (χ4n) is 1.70. The molecule has 1 aromatic rings. The summed E-state index contributed by atoms with van der Waals surface area (Å²) in [4.78, 5) is 11.9. The van der Waals surface area contributed by atoms with Crippen LogP contribution in [-0.2, 0) is 11.2 Å². The molecule has 0 aliphatic heterocycles. The summed E-state index contributed by atoms with van der Waals surface area (Å²) in [7, 11) is 1.60. The van der Waals surface area contributed by atoms with E-state index in [1.165, 1.54) is 0 Å². The molecule has 0 radical (unpaired) electrons. The Labute approximate surface area is 108 Å². The van der Waals surface area contributed by atoms with Gasteiger partial charge in [0.1, 0.15) is 11.5 Å². The lowest BCUT2D eigenvalue weighted by atomic mass is 9.97. The number of Topliss-reactive ketones (excluding diaryl/α,β-unsaturated/α-hetero) is 1. The lowest BCUT2D eigenvalue weighted by molar-refractivity contribution is -0.119. The van der Waals surface area contributed by atoms with E-state index in [1.807, 2.05) is 0 Å². The van der Waals surface area contributed by atoms with Crippen molar-refractivity contribution in [2.24, 2.45) is 5.92 Å². The first-order valence-electron chi connectivity index (χ1n) is 5.91. The van der Waals surface area contributed by atoms with Crippen LogP contribution in [0.1, 0.15) is 32.3 Å². The molecule has 1 unspecified atom stereocenters. The molecule has 0 bridgehead atoms. The Morgan fingerprint density at radius 2 is 2.18 bits per heavy atom. The maximum atomic E-state index is 11.9. The van der Waals surface area contributed by atoms with Crippen molar-refractivity contribution in [3.63, 3.8) is 0 Å². The highest BCUT2D eigenvalue weighted by Gasteiger charge is 2.12. The average molecular weight is 255 g/mol. The van der Waals surface area contributed by atoms with Gasteiger partial charge in [-0.2, -0.15) is 0 Å². The van der Waals surface area contributed by atoms with Crippen LogP contribution in [0, 0.1) is 5.92 Å². The Bertz CT molecular complexity index is 388. The highest BCUT2D eigenvalue weighted by Crippen LogP contribution is 2.24. The Morgan fingerprint density at radius 3 is 2.76 bits per heavy atom. The van der Waals surface area contributed by atoms with Gasteiger partial charge in [0.25, 0.3) is 0 Å². The van der Waals surface area contributed by atoms with Crippen LogP contribution in [0.4, 0.5) is 0 Å². The second-order valence-corrected chi connectivity index (χ2v) is 4.83. The number of halogens is 1. The number of hydrogen-bond acceptors (Lipinski definition) is 2. The molecule has 0 saturated carbocycles. The molecule has 0 amide bonds. The Hall–Kier alpha value is -1.02. The topological polar surface area (TPSA) is 26.3 Å². The first kappa shape index (κ1) is 14.0. The summed E-state index contributed by atoms with van der Waals surface area (Å²) < 4.78 is 5.22. The summed E-state index contributed by atoms with van der Waals surface area (Å²) in [6, 6.07) is 5.37. The Morgan fingerprint density at radius 1 is 1.47 bits per heavy atom. The molecule has 0 heterocycles. The molecule has 0 fully saturated rings. The highest BCUT2D eigenvalue weighted by molar-refractivity contribution is 6.30. The number of benzene rings is 1. The predicted molar refractivity (Wildman–Crippen MR) is 70.8 cm³/mol. The monoisotopic (exact) mass is 254 g/mol. The maximum absolute atomic E-state index is 11.9. The number of ketones is 1. The van der Waals surface area contributed by atoms with Gasteiger partial charge in [-0.15, -0.1) is 0 Å². The largest absolute Gasteiger partial charge is 0.496 e. The van der Waals surface area contributed by atoms with Gasteiger partial charge in [-0.3, -0.25) is 4.79 Å². The molecule has 1 rings (SSSR count). The number of carbonyl (C=O) groups is 1. The van der Waals surface area contributed by atoms with Crippen molar-refractivity contribution in [2.45, 2.75) is 33.1 Å². The Balaban J connectivity index is 2.73. The maximum Gasteiger partial charge on any atom is 0.137 e. The molecule has 0 aliphatic rings. The number of carbonyl (C=O) groups excluding carboxylic acids is 1. The van der Waals surface area contributed by atoms with Crippen molar-refractivity contribution >= 4 is 17.4 Å². The van der Waals surface area contributed by atoms with E-state index in [4.69, 9.17) is 16.3 Å². The van der Waals surface area contributed by atoms with E-state index in [2.05, 4.69) is 13.8 Å². The number of rotatable bonds is 6. The van der Waals surface area contributed by atoms with E-state index in [9.17, 15) is 4.79 Å². The quantitative estimate of drug-likeness (QED) is 0.770. The molecular weight excluding hydrogens is 236 g/mol. The lowest BCUT2D eigenvalue weighted by Crippen LogP contribution is -2.08. The summed E-state index contributed by atoms with van der Waals surface area (Å²) in [5.74, 6) is 1.40. The molecule has 2 nitrogen and oxygen atoms in total. The first-order valence-corrected chi connectivity index (χ1v) is 6.28. The number of ether oxygens (including phenoxy) is 1. The van der Waals surface area contributed by atoms with Crippen LogP contribution < -0.4 is 4.74 Å². The number of methoxy groups -OCH3 is 1. The van der Waals surface area contributed by atoms with E-state index in [1.54, 1.807) is 25.3 Å². The van der Waals surface area contributed by atoms with Crippen molar-refractivity contribution in [2.75, 3.05) is 7.11 Å². The molecule has 94 valence electrons. The van der Waals surface area contributed by atoms with Crippen LogP contribution in [0.3, 0.4) is 0 Å². The van der Waals surface area contributed by atoms with Gasteiger partial charge in [-0.25, -0.2) is 0 Å². The number of hydrogen-bond donors (Lipinski definition) is 0. The van der Waals surface area contributed by atoms with Gasteiger partial charge < -0.3 is 4.74 Å². The van der Waals surface area contributed by atoms with Gasteiger partial charge >= 0.3 is 0 Å². The van der Waals surface area contributed by atoms with Gasteiger partial charge in [0.05, 0.1) is 7.11 Å². The normalized spacial score (nSPS) is 12.2. The van der Waals surface area contributed by atoms with E-state index in [-0.39, 0.29) is 5.78 Å². The Kier molecular flexibility index (Phi) is 5.49. The molecule has 1 atom stereocenters. The van der Waals surface area contributed by atoms with Gasteiger partial charge in [-0.05, 0) is 24.1 Å². The molecular formula is C14H19ClO2. The first-order chi connectivity index (χ1) is 8.06. The second-order valence-electron chi connectivity index (χ2n) is 4.39. The summed E-state index contributed by atoms with van der Waals surface area (Å²) in [6.45, 7) is 4.19.